The van der Waals surface area contributed by atoms with Crippen molar-refractivity contribution in [1.29, 1.82) is 5.26 Å². The van der Waals surface area contributed by atoms with Gasteiger partial charge in [-0.25, -0.2) is 0 Å². The van der Waals surface area contributed by atoms with Crippen LogP contribution in [0.5, 0.6) is 0 Å². The van der Waals surface area contributed by atoms with Crippen LogP contribution in [0.15, 0.2) is 12.4 Å². The number of aromatic nitrogens is 2. The topological polar surface area (TPSA) is 61.8 Å². The van der Waals surface area contributed by atoms with Gasteiger partial charge in [0.25, 0.3) is 0 Å². The largest absolute Gasteiger partial charge is 0.390 e. The monoisotopic (exact) mass is 437 g/mol. The molecule has 4 aliphatic rings. The highest BCUT2D eigenvalue weighted by molar-refractivity contribution is 5.21. The molecule has 4 nitrogen and oxygen atoms in total. The number of fused-ring (bicyclic) bond motifs is 5. The second-order valence-electron chi connectivity index (χ2n) is 12.7. The number of nitriles is 1. The van der Waals surface area contributed by atoms with E-state index in [-0.39, 0.29) is 0 Å². The van der Waals surface area contributed by atoms with E-state index in [1.165, 1.54) is 51.4 Å². The van der Waals surface area contributed by atoms with E-state index in [9.17, 15) is 5.11 Å². The predicted octanol–water partition coefficient (Wildman–Crippen LogP) is 6.19. The second-order valence-corrected chi connectivity index (χ2v) is 12.7. The molecule has 1 aromatic heterocycles. The van der Waals surface area contributed by atoms with E-state index in [2.05, 4.69) is 38.9 Å². The molecule has 1 heterocycles. The zero-order valence-electron chi connectivity index (χ0n) is 20.7. The van der Waals surface area contributed by atoms with Crippen LogP contribution in [0.1, 0.15) is 97.5 Å². The van der Waals surface area contributed by atoms with Gasteiger partial charge < -0.3 is 5.11 Å². The van der Waals surface area contributed by atoms with Gasteiger partial charge in [0.15, 0.2) is 0 Å². The van der Waals surface area contributed by atoms with Gasteiger partial charge in [0, 0.05) is 12.7 Å². The summed E-state index contributed by atoms with van der Waals surface area (Å²) < 4.78 is 2.00. The van der Waals surface area contributed by atoms with E-state index < -0.39 is 5.60 Å². The number of hydrogen-bond donors (Lipinski definition) is 1. The highest BCUT2D eigenvalue weighted by atomic mass is 16.3. The molecule has 1 N–H and O–H groups in total. The number of hydrogen-bond acceptors (Lipinski definition) is 3. The summed E-state index contributed by atoms with van der Waals surface area (Å²) in [5.74, 6) is 4.71. The third kappa shape index (κ3) is 3.37. The molecule has 4 fully saturated rings. The summed E-state index contributed by atoms with van der Waals surface area (Å²) in [6.07, 6.45) is 16.4. The minimum absolute atomic E-state index is 0.439. The third-order valence-electron chi connectivity index (χ3n) is 11.3. The van der Waals surface area contributed by atoms with Gasteiger partial charge >= 0.3 is 0 Å². The first-order chi connectivity index (χ1) is 15.2. The van der Waals surface area contributed by atoms with Crippen molar-refractivity contribution < 1.29 is 5.11 Å². The smallest absolute Gasteiger partial charge is 0.102 e. The van der Waals surface area contributed by atoms with Crippen molar-refractivity contribution in [2.24, 2.45) is 46.3 Å². The average Bonchev–Trinajstić information content (AvgIpc) is 3.36. The van der Waals surface area contributed by atoms with Crippen LogP contribution in [0.4, 0.5) is 0 Å². The molecule has 0 aromatic carbocycles. The standard InChI is InChI=1S/C28H43N3O/c1-5-28-13-12-26(3,32)14-21(28)6-7-22-24-9-8-23(27(24,4)11-10-25(22)28)19(2)17-31-18-20(15-29)16-30-31/h16,18-19,21-25,32H,5-14,17H2,1-4H3/t19-,21+,22-,23+,24-,25-,26+,27+,28-/m0/s1. The lowest BCUT2D eigenvalue weighted by Crippen LogP contribution is -2.56. The Balaban J connectivity index is 1.35. The molecule has 5 rings (SSSR count). The van der Waals surface area contributed by atoms with Crippen molar-refractivity contribution in [3.8, 4) is 6.07 Å². The Morgan fingerprint density at radius 2 is 1.97 bits per heavy atom. The average molecular weight is 438 g/mol. The molecule has 0 bridgehead atoms. The van der Waals surface area contributed by atoms with E-state index in [4.69, 9.17) is 5.26 Å². The summed E-state index contributed by atoms with van der Waals surface area (Å²) in [4.78, 5) is 0. The van der Waals surface area contributed by atoms with Crippen LogP contribution < -0.4 is 0 Å². The Kier molecular flexibility index (Phi) is 5.52. The second kappa shape index (κ2) is 7.86. The van der Waals surface area contributed by atoms with E-state index in [1.54, 1.807) is 6.20 Å². The maximum atomic E-state index is 10.8. The fourth-order valence-corrected chi connectivity index (χ4v) is 9.86. The van der Waals surface area contributed by atoms with Crippen LogP contribution in [0.2, 0.25) is 0 Å². The van der Waals surface area contributed by atoms with E-state index in [0.717, 1.165) is 49.0 Å². The van der Waals surface area contributed by atoms with Crippen LogP contribution in [0, 0.1) is 57.7 Å². The lowest BCUT2D eigenvalue weighted by atomic mass is 9.42. The van der Waals surface area contributed by atoms with Crippen molar-refractivity contribution in [2.75, 3.05) is 0 Å². The summed E-state index contributed by atoms with van der Waals surface area (Å²) >= 11 is 0. The molecule has 32 heavy (non-hydrogen) atoms. The van der Waals surface area contributed by atoms with Crippen LogP contribution in [0.3, 0.4) is 0 Å². The SMILES string of the molecule is CC[C@]12CC[C@@](C)(O)C[C@H]1CC[C@H]1[C@@H]3CC[C@H]([C@@H](C)Cn4cc(C#N)cn4)[C@@]3(C)CC[C@@H]12. The van der Waals surface area contributed by atoms with E-state index >= 15 is 0 Å². The Morgan fingerprint density at radius 3 is 2.69 bits per heavy atom. The van der Waals surface area contributed by atoms with Crippen LogP contribution in [0.25, 0.3) is 0 Å². The minimum atomic E-state index is -0.439. The predicted molar refractivity (Wildman–Crippen MR) is 127 cm³/mol. The van der Waals surface area contributed by atoms with Gasteiger partial charge in [0.1, 0.15) is 6.07 Å². The molecule has 0 spiro atoms. The van der Waals surface area contributed by atoms with Crippen molar-refractivity contribution in [1.82, 2.24) is 9.78 Å². The van der Waals surface area contributed by atoms with Gasteiger partial charge in [-0.1, -0.05) is 20.8 Å². The molecule has 9 atom stereocenters. The Bertz CT molecular complexity index is 883. The molecule has 4 heteroatoms. The lowest BCUT2D eigenvalue weighted by Gasteiger charge is -2.63. The molecule has 4 aliphatic carbocycles. The van der Waals surface area contributed by atoms with Crippen molar-refractivity contribution >= 4 is 0 Å². The summed E-state index contributed by atoms with van der Waals surface area (Å²) in [5.41, 5.74) is 1.17. The number of nitrogens with zero attached hydrogens (tertiary/aromatic N) is 3. The molecule has 0 radical (unpaired) electrons. The zero-order chi connectivity index (χ0) is 22.7. The van der Waals surface area contributed by atoms with Crippen LogP contribution in [-0.2, 0) is 6.54 Å². The van der Waals surface area contributed by atoms with Crippen molar-refractivity contribution in [3.63, 3.8) is 0 Å². The van der Waals surface area contributed by atoms with Gasteiger partial charge in [0.05, 0.1) is 17.4 Å². The first-order valence-corrected chi connectivity index (χ1v) is 13.4. The molecule has 0 amide bonds. The van der Waals surface area contributed by atoms with Gasteiger partial charge in [-0.15, -0.1) is 0 Å². The summed E-state index contributed by atoms with van der Waals surface area (Å²) in [6, 6.07) is 2.21. The Morgan fingerprint density at radius 1 is 1.16 bits per heavy atom. The molecular weight excluding hydrogens is 394 g/mol. The Labute approximate surface area is 194 Å². The fourth-order valence-electron chi connectivity index (χ4n) is 9.86. The minimum Gasteiger partial charge on any atom is -0.390 e. The number of aliphatic hydroxyl groups is 1. The molecule has 4 saturated carbocycles. The van der Waals surface area contributed by atoms with E-state index in [1.807, 2.05) is 10.9 Å². The molecule has 176 valence electrons. The molecule has 0 aliphatic heterocycles. The highest BCUT2D eigenvalue weighted by Crippen LogP contribution is 2.69. The summed E-state index contributed by atoms with van der Waals surface area (Å²) in [5, 5.41) is 24.4. The maximum absolute atomic E-state index is 10.8. The number of rotatable bonds is 4. The van der Waals surface area contributed by atoms with E-state index in [0.29, 0.717) is 22.3 Å². The molecule has 0 unspecified atom stereocenters. The van der Waals surface area contributed by atoms with Gasteiger partial charge in [0.2, 0.25) is 0 Å². The summed E-state index contributed by atoms with van der Waals surface area (Å²) in [6.45, 7) is 10.5. The maximum Gasteiger partial charge on any atom is 0.102 e. The highest BCUT2D eigenvalue weighted by Gasteiger charge is 2.62. The zero-order valence-corrected chi connectivity index (χ0v) is 20.7. The normalized spacial score (nSPS) is 46.6. The lowest BCUT2D eigenvalue weighted by molar-refractivity contribution is -0.157. The third-order valence-corrected chi connectivity index (χ3v) is 11.3. The van der Waals surface area contributed by atoms with Gasteiger partial charge in [-0.05, 0) is 117 Å². The van der Waals surface area contributed by atoms with Gasteiger partial charge in [-0.2, -0.15) is 10.4 Å². The Hall–Kier alpha value is -1.34. The molecular formula is C28H43N3O. The van der Waals surface area contributed by atoms with Crippen molar-refractivity contribution in [3.05, 3.63) is 18.0 Å². The van der Waals surface area contributed by atoms with Crippen molar-refractivity contribution in [2.45, 2.75) is 104 Å². The molecule has 0 saturated heterocycles. The fraction of sp³-hybridized carbons (Fsp3) is 0.857. The quantitative estimate of drug-likeness (QED) is 0.611. The van der Waals surface area contributed by atoms with Gasteiger partial charge in [-0.3, -0.25) is 4.68 Å². The van der Waals surface area contributed by atoms with Crippen LogP contribution in [-0.4, -0.2) is 20.5 Å². The first-order valence-electron chi connectivity index (χ1n) is 13.4. The molecule has 1 aromatic rings. The van der Waals surface area contributed by atoms with Crippen LogP contribution >= 0.6 is 0 Å². The first kappa shape index (κ1) is 22.5. The summed E-state index contributed by atoms with van der Waals surface area (Å²) in [7, 11) is 0.